The van der Waals surface area contributed by atoms with Crippen LogP contribution in [0.3, 0.4) is 0 Å². The highest BCUT2D eigenvalue weighted by Crippen LogP contribution is 2.35. The summed E-state index contributed by atoms with van der Waals surface area (Å²) in [6.45, 7) is 0. The third kappa shape index (κ3) is 2.17. The van der Waals surface area contributed by atoms with Gasteiger partial charge < -0.3 is 10.4 Å². The van der Waals surface area contributed by atoms with E-state index in [2.05, 4.69) is 5.32 Å². The summed E-state index contributed by atoms with van der Waals surface area (Å²) in [5.74, 6) is -1.33. The number of benzene rings is 1. The Bertz CT molecular complexity index is 459. The van der Waals surface area contributed by atoms with Crippen molar-refractivity contribution in [2.45, 2.75) is 18.8 Å². The molecule has 16 heavy (non-hydrogen) atoms. The van der Waals surface area contributed by atoms with Crippen LogP contribution in [0.1, 0.15) is 24.3 Å². The SMILES string of the molecule is O=C(O)CC1CC(=O)Nc2cc(Cl)ccc21. The summed E-state index contributed by atoms with van der Waals surface area (Å²) in [5, 5.41) is 12.0. The second-order valence-electron chi connectivity index (χ2n) is 3.78. The van der Waals surface area contributed by atoms with Crippen LogP contribution < -0.4 is 5.32 Å². The molecular formula is C11H10ClNO3. The van der Waals surface area contributed by atoms with Crippen molar-refractivity contribution in [2.75, 3.05) is 5.32 Å². The maximum Gasteiger partial charge on any atom is 0.303 e. The topological polar surface area (TPSA) is 66.4 Å². The second kappa shape index (κ2) is 4.14. The van der Waals surface area contributed by atoms with Crippen molar-refractivity contribution in [3.8, 4) is 0 Å². The molecule has 1 unspecified atom stereocenters. The number of rotatable bonds is 2. The zero-order valence-corrected chi connectivity index (χ0v) is 9.12. The van der Waals surface area contributed by atoms with Gasteiger partial charge in [-0.05, 0) is 17.7 Å². The van der Waals surface area contributed by atoms with Crippen LogP contribution in [-0.4, -0.2) is 17.0 Å². The van der Waals surface area contributed by atoms with Gasteiger partial charge >= 0.3 is 5.97 Å². The van der Waals surface area contributed by atoms with Crippen LogP contribution in [0.25, 0.3) is 0 Å². The molecule has 1 aliphatic rings. The van der Waals surface area contributed by atoms with Crippen LogP contribution in [0.2, 0.25) is 5.02 Å². The van der Waals surface area contributed by atoms with E-state index < -0.39 is 5.97 Å². The Hall–Kier alpha value is -1.55. The lowest BCUT2D eigenvalue weighted by molar-refractivity contribution is -0.137. The zero-order chi connectivity index (χ0) is 11.7. The fourth-order valence-corrected chi connectivity index (χ4v) is 2.09. The van der Waals surface area contributed by atoms with Gasteiger partial charge in [0.15, 0.2) is 0 Å². The summed E-state index contributed by atoms with van der Waals surface area (Å²) < 4.78 is 0. The minimum Gasteiger partial charge on any atom is -0.481 e. The molecule has 1 atom stereocenters. The van der Waals surface area contributed by atoms with Gasteiger partial charge in [0, 0.05) is 23.0 Å². The standard InChI is InChI=1S/C11H10ClNO3/c12-7-1-2-8-6(4-11(15)16)3-10(14)13-9(8)5-7/h1-2,5-6H,3-4H2,(H,13,14)(H,15,16). The lowest BCUT2D eigenvalue weighted by Crippen LogP contribution is -2.24. The van der Waals surface area contributed by atoms with E-state index in [-0.39, 0.29) is 24.7 Å². The van der Waals surface area contributed by atoms with Crippen molar-refractivity contribution in [1.82, 2.24) is 0 Å². The zero-order valence-electron chi connectivity index (χ0n) is 8.37. The number of amides is 1. The first-order valence-electron chi connectivity index (χ1n) is 4.87. The van der Waals surface area contributed by atoms with Crippen LogP contribution in [0.5, 0.6) is 0 Å². The smallest absolute Gasteiger partial charge is 0.303 e. The molecule has 0 radical (unpaired) electrons. The third-order valence-electron chi connectivity index (χ3n) is 2.58. The van der Waals surface area contributed by atoms with Gasteiger partial charge in [-0.25, -0.2) is 0 Å². The molecule has 0 spiro atoms. The van der Waals surface area contributed by atoms with E-state index in [1.54, 1.807) is 18.2 Å². The van der Waals surface area contributed by atoms with E-state index in [1.807, 2.05) is 0 Å². The van der Waals surface area contributed by atoms with Crippen molar-refractivity contribution in [1.29, 1.82) is 0 Å². The van der Waals surface area contributed by atoms with Gasteiger partial charge in [-0.1, -0.05) is 17.7 Å². The molecule has 0 aliphatic carbocycles. The maximum atomic E-state index is 11.4. The first-order valence-corrected chi connectivity index (χ1v) is 5.25. The van der Waals surface area contributed by atoms with E-state index in [1.165, 1.54) is 0 Å². The van der Waals surface area contributed by atoms with Gasteiger partial charge in [-0.2, -0.15) is 0 Å². The number of hydrogen-bond donors (Lipinski definition) is 2. The highest BCUT2D eigenvalue weighted by molar-refractivity contribution is 6.31. The molecule has 0 saturated heterocycles. The number of hydrogen-bond acceptors (Lipinski definition) is 2. The van der Waals surface area contributed by atoms with Gasteiger partial charge in [-0.15, -0.1) is 0 Å². The predicted octanol–water partition coefficient (Wildman–Crippen LogP) is 2.24. The van der Waals surface area contributed by atoms with Crippen LogP contribution in [-0.2, 0) is 9.59 Å². The van der Waals surface area contributed by atoms with E-state index in [4.69, 9.17) is 16.7 Å². The molecular weight excluding hydrogens is 230 g/mol. The summed E-state index contributed by atoms with van der Waals surface area (Å²) in [7, 11) is 0. The molecule has 4 nitrogen and oxygen atoms in total. The van der Waals surface area contributed by atoms with E-state index in [0.717, 1.165) is 5.56 Å². The van der Waals surface area contributed by atoms with Gasteiger partial charge in [0.1, 0.15) is 0 Å². The largest absolute Gasteiger partial charge is 0.481 e. The first kappa shape index (κ1) is 11.0. The van der Waals surface area contributed by atoms with Crippen molar-refractivity contribution in [3.05, 3.63) is 28.8 Å². The number of halogens is 1. The van der Waals surface area contributed by atoms with Crippen LogP contribution in [0.15, 0.2) is 18.2 Å². The minimum absolute atomic E-state index is 0.0396. The van der Waals surface area contributed by atoms with E-state index in [9.17, 15) is 9.59 Å². The van der Waals surface area contributed by atoms with Crippen molar-refractivity contribution >= 4 is 29.2 Å². The average Bonchev–Trinajstić information content (AvgIpc) is 2.15. The van der Waals surface area contributed by atoms with Crippen molar-refractivity contribution in [3.63, 3.8) is 0 Å². The lowest BCUT2D eigenvalue weighted by Gasteiger charge is -2.24. The number of carbonyl (C=O) groups excluding carboxylic acids is 1. The predicted molar refractivity (Wildman–Crippen MR) is 59.7 cm³/mol. The number of carboxylic acids is 1. The molecule has 0 bridgehead atoms. The summed E-state index contributed by atoms with van der Waals surface area (Å²) >= 11 is 5.81. The molecule has 1 aromatic rings. The van der Waals surface area contributed by atoms with Crippen molar-refractivity contribution in [2.24, 2.45) is 0 Å². The Morgan fingerprint density at radius 3 is 3.00 bits per heavy atom. The summed E-state index contributed by atoms with van der Waals surface area (Å²) in [6, 6.07) is 5.11. The number of fused-ring (bicyclic) bond motifs is 1. The van der Waals surface area contributed by atoms with Gasteiger partial charge in [0.05, 0.1) is 6.42 Å². The normalized spacial score (nSPS) is 18.8. The van der Waals surface area contributed by atoms with Gasteiger partial charge in [0.2, 0.25) is 5.91 Å². The first-order chi connectivity index (χ1) is 7.56. The van der Waals surface area contributed by atoms with E-state index >= 15 is 0 Å². The van der Waals surface area contributed by atoms with E-state index in [0.29, 0.717) is 10.7 Å². The quantitative estimate of drug-likeness (QED) is 0.832. The fourth-order valence-electron chi connectivity index (χ4n) is 1.92. The Labute approximate surface area is 97.2 Å². The maximum absolute atomic E-state index is 11.4. The second-order valence-corrected chi connectivity index (χ2v) is 4.22. The number of aliphatic carboxylic acids is 1. The summed E-state index contributed by atoms with van der Waals surface area (Å²) in [5.41, 5.74) is 1.46. The molecule has 0 saturated carbocycles. The van der Waals surface area contributed by atoms with Crippen LogP contribution in [0.4, 0.5) is 5.69 Å². The number of anilines is 1. The summed E-state index contributed by atoms with van der Waals surface area (Å²) in [4.78, 5) is 22.1. The Kier molecular flexibility index (Phi) is 2.83. The highest BCUT2D eigenvalue weighted by Gasteiger charge is 2.26. The highest BCUT2D eigenvalue weighted by atomic mass is 35.5. The minimum atomic E-state index is -0.902. The average molecular weight is 240 g/mol. The molecule has 0 aromatic heterocycles. The van der Waals surface area contributed by atoms with Gasteiger partial charge in [-0.3, -0.25) is 9.59 Å². The van der Waals surface area contributed by atoms with Crippen LogP contribution >= 0.6 is 11.6 Å². The van der Waals surface area contributed by atoms with Crippen molar-refractivity contribution < 1.29 is 14.7 Å². The number of nitrogens with one attached hydrogen (secondary N) is 1. The lowest BCUT2D eigenvalue weighted by atomic mass is 9.88. The Balaban J connectivity index is 2.37. The fraction of sp³-hybridized carbons (Fsp3) is 0.273. The molecule has 1 heterocycles. The van der Waals surface area contributed by atoms with Gasteiger partial charge in [0.25, 0.3) is 0 Å². The number of carboxylic acid groups (broad SMARTS) is 1. The molecule has 0 fully saturated rings. The Morgan fingerprint density at radius 2 is 2.31 bits per heavy atom. The molecule has 2 rings (SSSR count). The molecule has 1 aromatic carbocycles. The molecule has 1 aliphatic heterocycles. The summed E-state index contributed by atoms with van der Waals surface area (Å²) in [6.07, 6.45) is 0.170. The molecule has 84 valence electrons. The van der Waals surface area contributed by atoms with Crippen LogP contribution in [0, 0.1) is 0 Å². The monoisotopic (exact) mass is 239 g/mol. The molecule has 5 heteroatoms. The third-order valence-corrected chi connectivity index (χ3v) is 2.82. The molecule has 1 amide bonds. The molecule has 2 N–H and O–H groups in total. The Morgan fingerprint density at radius 1 is 1.56 bits per heavy atom. The number of carbonyl (C=O) groups is 2.